The lowest BCUT2D eigenvalue weighted by Gasteiger charge is -2.29. The topological polar surface area (TPSA) is 71.4 Å². The molecule has 4 nitrogen and oxygen atoms in total. The molecule has 3 aromatic rings. The monoisotopic (exact) mass is 379 g/mol. The number of amidine groups is 1. The minimum atomic E-state index is -0.442. The number of aliphatic imine (C=N–C) groups is 1. The maximum atomic E-state index is 9.61. The molecule has 1 saturated carbocycles. The fraction of sp³-hybridized carbons (Fsp3) is 0.200. The average molecular weight is 379 g/mol. The Morgan fingerprint density at radius 1 is 1.03 bits per heavy atom. The summed E-state index contributed by atoms with van der Waals surface area (Å²) in [5, 5.41) is 9.61. The molecule has 4 heteroatoms. The third-order valence-corrected chi connectivity index (χ3v) is 6.04. The summed E-state index contributed by atoms with van der Waals surface area (Å²) in [4.78, 5) is 5.04. The van der Waals surface area contributed by atoms with Crippen molar-refractivity contribution in [3.8, 4) is 22.9 Å². The molecule has 0 aromatic heterocycles. The van der Waals surface area contributed by atoms with Crippen molar-refractivity contribution in [2.24, 2.45) is 16.6 Å². The summed E-state index contributed by atoms with van der Waals surface area (Å²) >= 11 is 0. The summed E-state index contributed by atoms with van der Waals surface area (Å²) < 4.78 is 5.39. The van der Waals surface area contributed by atoms with Gasteiger partial charge in [0.1, 0.15) is 17.1 Å². The fourth-order valence-corrected chi connectivity index (χ4v) is 4.53. The Hall–Kier alpha value is -3.58. The Kier molecular flexibility index (Phi) is 3.92. The van der Waals surface area contributed by atoms with Gasteiger partial charge in [0, 0.05) is 11.1 Å². The van der Waals surface area contributed by atoms with Gasteiger partial charge in [-0.1, -0.05) is 42.5 Å². The highest BCUT2D eigenvalue weighted by molar-refractivity contribution is 6.02. The van der Waals surface area contributed by atoms with Gasteiger partial charge in [-0.3, -0.25) is 4.99 Å². The molecule has 0 radical (unpaired) electrons. The van der Waals surface area contributed by atoms with Crippen LogP contribution >= 0.6 is 0 Å². The van der Waals surface area contributed by atoms with Crippen LogP contribution in [-0.2, 0) is 5.54 Å². The number of fused-ring (bicyclic) bond motifs is 1. The molecular formula is C25H21N3O. The third-order valence-electron chi connectivity index (χ3n) is 6.04. The van der Waals surface area contributed by atoms with Gasteiger partial charge >= 0.3 is 0 Å². The molecule has 1 aliphatic carbocycles. The number of nitriles is 1. The van der Waals surface area contributed by atoms with E-state index in [0.717, 1.165) is 40.8 Å². The van der Waals surface area contributed by atoms with Crippen LogP contribution in [0.4, 0.5) is 0 Å². The zero-order valence-electron chi connectivity index (χ0n) is 16.2. The molecule has 2 aliphatic rings. The quantitative estimate of drug-likeness (QED) is 0.720. The molecule has 142 valence electrons. The molecule has 0 spiro atoms. The summed E-state index contributed by atoms with van der Waals surface area (Å²) in [7, 11) is 1.64. The lowest BCUT2D eigenvalue weighted by molar-refractivity contribution is 0.415. The second kappa shape index (κ2) is 6.49. The highest BCUT2D eigenvalue weighted by Gasteiger charge is 2.51. The van der Waals surface area contributed by atoms with Gasteiger partial charge in [-0.15, -0.1) is 0 Å². The van der Waals surface area contributed by atoms with Crippen molar-refractivity contribution < 1.29 is 4.74 Å². The van der Waals surface area contributed by atoms with E-state index in [4.69, 9.17) is 15.5 Å². The van der Waals surface area contributed by atoms with Gasteiger partial charge in [-0.25, -0.2) is 0 Å². The van der Waals surface area contributed by atoms with Gasteiger partial charge in [-0.05, 0) is 59.7 Å². The van der Waals surface area contributed by atoms with E-state index in [-0.39, 0.29) is 0 Å². The largest absolute Gasteiger partial charge is 0.497 e. The zero-order valence-corrected chi connectivity index (χ0v) is 16.2. The number of ether oxygens (including phenoxy) is 1. The highest BCUT2D eigenvalue weighted by atomic mass is 16.5. The van der Waals surface area contributed by atoms with E-state index in [0.29, 0.717) is 17.3 Å². The van der Waals surface area contributed by atoms with Crippen molar-refractivity contribution in [2.45, 2.75) is 18.4 Å². The first kappa shape index (κ1) is 17.5. The maximum Gasteiger partial charge on any atom is 0.127 e. The van der Waals surface area contributed by atoms with Crippen molar-refractivity contribution in [1.29, 1.82) is 5.26 Å². The highest BCUT2D eigenvalue weighted by Crippen LogP contribution is 2.55. The Bertz CT molecular complexity index is 1190. The molecule has 1 heterocycles. The maximum absolute atomic E-state index is 9.61. The standard InChI is InChI=1S/C25H21N3O/c1-29-20-12-9-17(15-26)22(14-20)16-5-4-6-19(13-16)25(18-10-11-18)23-8-3-2-7-21(23)24(27)28-25/h2-9,12-14,18H,10-11H2,1H3,(H2,27,28). The zero-order chi connectivity index (χ0) is 20.0. The van der Waals surface area contributed by atoms with E-state index in [9.17, 15) is 5.26 Å². The van der Waals surface area contributed by atoms with Crippen LogP contribution < -0.4 is 10.5 Å². The minimum absolute atomic E-state index is 0.442. The molecule has 1 unspecified atom stereocenters. The van der Waals surface area contributed by atoms with E-state index in [1.807, 2.05) is 30.3 Å². The molecule has 1 fully saturated rings. The Morgan fingerprint density at radius 3 is 2.62 bits per heavy atom. The van der Waals surface area contributed by atoms with Crippen LogP contribution in [0, 0.1) is 17.2 Å². The smallest absolute Gasteiger partial charge is 0.127 e. The summed E-state index contributed by atoms with van der Waals surface area (Å²) in [6, 6.07) is 24.5. The summed E-state index contributed by atoms with van der Waals surface area (Å²) in [5.41, 5.74) is 11.7. The van der Waals surface area contributed by atoms with Crippen LogP contribution in [0.2, 0.25) is 0 Å². The predicted molar refractivity (Wildman–Crippen MR) is 114 cm³/mol. The van der Waals surface area contributed by atoms with Crippen LogP contribution in [0.1, 0.15) is 35.1 Å². The number of nitrogens with two attached hydrogens (primary N) is 1. The number of methoxy groups -OCH3 is 1. The van der Waals surface area contributed by atoms with Crippen LogP contribution in [0.3, 0.4) is 0 Å². The Balaban J connectivity index is 1.71. The van der Waals surface area contributed by atoms with Crippen LogP contribution in [-0.4, -0.2) is 12.9 Å². The van der Waals surface area contributed by atoms with Crippen LogP contribution in [0.5, 0.6) is 5.75 Å². The summed E-state index contributed by atoms with van der Waals surface area (Å²) in [5.74, 6) is 1.78. The number of benzene rings is 3. The molecule has 5 rings (SSSR count). The van der Waals surface area contributed by atoms with Gasteiger partial charge in [0.25, 0.3) is 0 Å². The molecule has 1 aliphatic heterocycles. The number of rotatable bonds is 4. The lowest BCUT2D eigenvalue weighted by Crippen LogP contribution is -2.26. The molecule has 2 N–H and O–H groups in total. The first-order valence-corrected chi connectivity index (χ1v) is 9.81. The van der Waals surface area contributed by atoms with Crippen molar-refractivity contribution in [1.82, 2.24) is 0 Å². The molecule has 1 atom stereocenters. The van der Waals surface area contributed by atoms with Gasteiger partial charge in [-0.2, -0.15) is 5.26 Å². The summed E-state index contributed by atoms with van der Waals surface area (Å²) in [6.45, 7) is 0. The second-order valence-corrected chi connectivity index (χ2v) is 7.69. The van der Waals surface area contributed by atoms with E-state index in [1.165, 1.54) is 5.56 Å². The minimum Gasteiger partial charge on any atom is -0.497 e. The second-order valence-electron chi connectivity index (χ2n) is 7.69. The SMILES string of the molecule is COc1ccc(C#N)c(-c2cccc(C3(C4CC4)N=C(N)c4ccccc43)c2)c1. The Morgan fingerprint density at radius 2 is 1.86 bits per heavy atom. The van der Waals surface area contributed by atoms with Gasteiger partial charge in [0.15, 0.2) is 0 Å². The normalized spacial score (nSPS) is 19.9. The molecule has 29 heavy (non-hydrogen) atoms. The van der Waals surface area contributed by atoms with E-state index in [2.05, 4.69) is 36.4 Å². The lowest BCUT2D eigenvalue weighted by atomic mass is 9.78. The third kappa shape index (κ3) is 2.62. The van der Waals surface area contributed by atoms with Gasteiger partial charge in [0.2, 0.25) is 0 Å². The van der Waals surface area contributed by atoms with Crippen LogP contribution in [0.15, 0.2) is 71.7 Å². The molecular weight excluding hydrogens is 358 g/mol. The predicted octanol–water partition coefficient (Wildman–Crippen LogP) is 4.61. The fourth-order valence-electron chi connectivity index (χ4n) is 4.53. The first-order valence-electron chi connectivity index (χ1n) is 9.81. The first-order chi connectivity index (χ1) is 14.2. The van der Waals surface area contributed by atoms with Gasteiger partial charge in [0.05, 0.1) is 18.7 Å². The summed E-state index contributed by atoms with van der Waals surface area (Å²) in [6.07, 6.45) is 2.27. The van der Waals surface area contributed by atoms with E-state index < -0.39 is 5.54 Å². The van der Waals surface area contributed by atoms with Gasteiger partial charge < -0.3 is 10.5 Å². The van der Waals surface area contributed by atoms with E-state index in [1.54, 1.807) is 13.2 Å². The number of nitrogens with zero attached hydrogens (tertiary/aromatic N) is 2. The van der Waals surface area contributed by atoms with Crippen LogP contribution in [0.25, 0.3) is 11.1 Å². The Labute approximate surface area is 170 Å². The number of hydrogen-bond donors (Lipinski definition) is 1. The molecule has 0 bridgehead atoms. The number of hydrogen-bond acceptors (Lipinski definition) is 4. The van der Waals surface area contributed by atoms with Crippen molar-refractivity contribution in [2.75, 3.05) is 7.11 Å². The van der Waals surface area contributed by atoms with E-state index >= 15 is 0 Å². The molecule has 3 aromatic carbocycles. The average Bonchev–Trinajstić information content (AvgIpc) is 3.58. The molecule has 0 amide bonds. The van der Waals surface area contributed by atoms with Crippen molar-refractivity contribution in [3.63, 3.8) is 0 Å². The van der Waals surface area contributed by atoms with Crippen molar-refractivity contribution >= 4 is 5.84 Å². The van der Waals surface area contributed by atoms with Crippen molar-refractivity contribution in [3.05, 3.63) is 89.0 Å². The molecule has 0 saturated heterocycles.